The van der Waals surface area contributed by atoms with Crippen LogP contribution in [0.25, 0.3) is 0 Å². The highest BCUT2D eigenvalue weighted by Crippen LogP contribution is 2.23. The van der Waals surface area contributed by atoms with Gasteiger partial charge in [0, 0.05) is 13.0 Å². The normalized spacial score (nSPS) is 10.3. The molecule has 1 aromatic heterocycles. The lowest BCUT2D eigenvalue weighted by Gasteiger charge is -2.07. The summed E-state index contributed by atoms with van der Waals surface area (Å²) in [7, 11) is 0. The Morgan fingerprint density at radius 1 is 1.24 bits per heavy atom. The number of nitrogens with zero attached hydrogens (tertiary/aromatic N) is 4. The van der Waals surface area contributed by atoms with Gasteiger partial charge in [0.25, 0.3) is 5.69 Å². The maximum absolute atomic E-state index is 10.9. The van der Waals surface area contributed by atoms with Gasteiger partial charge in [0.1, 0.15) is 18.4 Å². The summed E-state index contributed by atoms with van der Waals surface area (Å²) in [5.74, 6) is 0.419. The highest BCUT2D eigenvalue weighted by atomic mass is 16.6. The largest absolute Gasteiger partial charge is 0.376 e. The van der Waals surface area contributed by atoms with Gasteiger partial charge in [0.05, 0.1) is 11.5 Å². The van der Waals surface area contributed by atoms with Crippen molar-refractivity contribution in [1.29, 1.82) is 0 Å². The molecule has 1 aromatic carbocycles. The van der Waals surface area contributed by atoms with Gasteiger partial charge in [-0.3, -0.25) is 10.1 Å². The lowest BCUT2D eigenvalue weighted by molar-refractivity contribution is -0.392. The van der Waals surface area contributed by atoms with Crippen LogP contribution in [0.3, 0.4) is 0 Å². The van der Waals surface area contributed by atoms with Crippen molar-refractivity contribution in [2.24, 2.45) is 0 Å². The van der Waals surface area contributed by atoms with Gasteiger partial charge in [-0.2, -0.15) is 0 Å². The fraction of sp³-hybridized carbons (Fsp3) is 0.250. The molecule has 0 amide bonds. The van der Waals surface area contributed by atoms with E-state index in [2.05, 4.69) is 10.3 Å². The summed E-state index contributed by atoms with van der Waals surface area (Å²) >= 11 is 0. The third kappa shape index (κ3) is 3.14. The smallest absolute Gasteiger partial charge is 0.342 e. The maximum Gasteiger partial charge on any atom is 0.342 e. The van der Waals surface area contributed by atoms with Gasteiger partial charge in [0.2, 0.25) is 0 Å². The van der Waals surface area contributed by atoms with Gasteiger partial charge in [-0.1, -0.05) is 12.1 Å². The summed E-state index contributed by atoms with van der Waals surface area (Å²) in [6.45, 7) is 2.26. The third-order valence-electron chi connectivity index (χ3n) is 2.97. The van der Waals surface area contributed by atoms with Crippen LogP contribution in [0.5, 0.6) is 0 Å². The van der Waals surface area contributed by atoms with E-state index < -0.39 is 9.85 Å². The summed E-state index contributed by atoms with van der Waals surface area (Å²) < 4.78 is 1.45. The zero-order chi connectivity index (χ0) is 15.4. The minimum Gasteiger partial charge on any atom is -0.376 e. The molecule has 0 saturated heterocycles. The topological polar surface area (TPSA) is 116 Å². The second-order valence-electron chi connectivity index (χ2n) is 4.27. The van der Waals surface area contributed by atoms with Crippen LogP contribution < -0.4 is 5.32 Å². The minimum absolute atomic E-state index is 0.0330. The van der Waals surface area contributed by atoms with E-state index in [1.807, 2.05) is 0 Å². The molecule has 0 bridgehead atoms. The van der Waals surface area contributed by atoms with Crippen LogP contribution >= 0.6 is 0 Å². The first-order valence-electron chi connectivity index (χ1n) is 6.14. The number of benzene rings is 1. The van der Waals surface area contributed by atoms with E-state index in [0.717, 1.165) is 0 Å². The Bertz CT molecular complexity index is 682. The van der Waals surface area contributed by atoms with Crippen LogP contribution in [0.2, 0.25) is 0 Å². The molecule has 0 spiro atoms. The highest BCUT2D eigenvalue weighted by Gasteiger charge is 2.17. The molecule has 0 radical (unpaired) electrons. The van der Waals surface area contributed by atoms with E-state index in [4.69, 9.17) is 0 Å². The summed E-state index contributed by atoms with van der Waals surface area (Å²) in [6, 6.07) is 6.25. The SMILES string of the molecule is Cc1ncc([N+](=O)[O-])n1CCNc1ccccc1[N+](=O)[O-]. The molecule has 0 fully saturated rings. The molecule has 9 heteroatoms. The lowest BCUT2D eigenvalue weighted by Crippen LogP contribution is -2.14. The lowest BCUT2D eigenvalue weighted by atomic mass is 10.2. The van der Waals surface area contributed by atoms with Crippen LogP contribution in [-0.2, 0) is 6.54 Å². The molecule has 2 rings (SSSR count). The summed E-state index contributed by atoms with van der Waals surface area (Å²) in [5.41, 5.74) is 0.345. The van der Waals surface area contributed by atoms with Gasteiger partial charge < -0.3 is 15.4 Å². The number of nitro benzene ring substituents is 1. The van der Waals surface area contributed by atoms with E-state index in [9.17, 15) is 20.2 Å². The number of aryl methyl sites for hydroxylation is 1. The standard InChI is InChI=1S/C12H13N5O4/c1-9-14-8-12(17(20)21)15(9)7-6-13-10-4-2-3-5-11(10)16(18)19/h2-5,8,13H,6-7H2,1H3. The van der Waals surface area contributed by atoms with E-state index in [1.165, 1.54) is 16.8 Å². The number of para-hydroxylation sites is 2. The van der Waals surface area contributed by atoms with Crippen molar-refractivity contribution < 1.29 is 9.85 Å². The van der Waals surface area contributed by atoms with E-state index in [-0.39, 0.29) is 18.1 Å². The van der Waals surface area contributed by atoms with Crippen molar-refractivity contribution in [3.63, 3.8) is 0 Å². The van der Waals surface area contributed by atoms with Crippen molar-refractivity contribution in [2.45, 2.75) is 13.5 Å². The molecule has 0 saturated carbocycles. The van der Waals surface area contributed by atoms with Gasteiger partial charge in [-0.25, -0.2) is 9.55 Å². The summed E-state index contributed by atoms with van der Waals surface area (Å²) in [4.78, 5) is 24.6. The van der Waals surface area contributed by atoms with Crippen molar-refractivity contribution >= 4 is 17.2 Å². The van der Waals surface area contributed by atoms with Gasteiger partial charge in [-0.05, 0) is 11.0 Å². The first-order valence-corrected chi connectivity index (χ1v) is 6.14. The fourth-order valence-electron chi connectivity index (χ4n) is 1.96. The van der Waals surface area contributed by atoms with Crippen molar-refractivity contribution in [2.75, 3.05) is 11.9 Å². The number of anilines is 1. The van der Waals surface area contributed by atoms with Crippen molar-refractivity contribution in [3.8, 4) is 0 Å². The molecule has 110 valence electrons. The number of hydrogen-bond acceptors (Lipinski definition) is 6. The van der Waals surface area contributed by atoms with E-state index in [1.54, 1.807) is 25.1 Å². The monoisotopic (exact) mass is 291 g/mol. The van der Waals surface area contributed by atoms with Gasteiger partial charge in [0.15, 0.2) is 5.82 Å². The van der Waals surface area contributed by atoms with E-state index >= 15 is 0 Å². The number of imidazole rings is 1. The molecule has 1 N–H and O–H groups in total. The second kappa shape index (κ2) is 5.99. The molecular formula is C12H13N5O4. The molecule has 2 aromatic rings. The first-order chi connectivity index (χ1) is 10.0. The highest BCUT2D eigenvalue weighted by molar-refractivity contribution is 5.60. The summed E-state index contributed by atoms with van der Waals surface area (Å²) in [5, 5.41) is 24.6. The molecule has 0 aliphatic rings. The van der Waals surface area contributed by atoms with Crippen LogP contribution in [0.4, 0.5) is 17.2 Å². The Kier molecular flexibility index (Phi) is 4.12. The Labute approximate surface area is 119 Å². The third-order valence-corrected chi connectivity index (χ3v) is 2.97. The zero-order valence-corrected chi connectivity index (χ0v) is 11.2. The minimum atomic E-state index is -0.509. The molecule has 9 nitrogen and oxygen atoms in total. The number of hydrogen-bond donors (Lipinski definition) is 1. The second-order valence-corrected chi connectivity index (χ2v) is 4.27. The zero-order valence-electron chi connectivity index (χ0n) is 11.2. The Balaban J connectivity index is 2.07. The average Bonchev–Trinajstić information content (AvgIpc) is 2.81. The van der Waals surface area contributed by atoms with Crippen LogP contribution in [0, 0.1) is 27.2 Å². The van der Waals surface area contributed by atoms with Crippen molar-refractivity contribution in [1.82, 2.24) is 9.55 Å². The van der Waals surface area contributed by atoms with Gasteiger partial charge >= 0.3 is 5.82 Å². The van der Waals surface area contributed by atoms with E-state index in [0.29, 0.717) is 18.1 Å². The van der Waals surface area contributed by atoms with Crippen molar-refractivity contribution in [3.05, 3.63) is 56.5 Å². The predicted octanol–water partition coefficient (Wildman–Crippen LogP) is 2.12. The number of aromatic nitrogens is 2. The molecule has 0 atom stereocenters. The number of rotatable bonds is 6. The van der Waals surface area contributed by atoms with Crippen LogP contribution in [0.15, 0.2) is 30.5 Å². The predicted molar refractivity (Wildman–Crippen MR) is 75.2 cm³/mol. The summed E-state index contributed by atoms with van der Waals surface area (Å²) in [6.07, 6.45) is 1.19. The Morgan fingerprint density at radius 2 is 1.95 bits per heavy atom. The maximum atomic E-state index is 10.9. The first kappa shape index (κ1) is 14.4. The fourth-order valence-corrected chi connectivity index (χ4v) is 1.96. The Hall–Kier alpha value is -2.97. The van der Waals surface area contributed by atoms with Crippen LogP contribution in [0.1, 0.15) is 5.82 Å². The van der Waals surface area contributed by atoms with Crippen LogP contribution in [-0.4, -0.2) is 25.9 Å². The quantitative estimate of drug-likeness (QED) is 0.643. The average molecular weight is 291 g/mol. The number of nitrogens with one attached hydrogen (secondary N) is 1. The Morgan fingerprint density at radius 3 is 2.62 bits per heavy atom. The number of nitro groups is 2. The molecule has 21 heavy (non-hydrogen) atoms. The molecular weight excluding hydrogens is 278 g/mol. The molecule has 0 aliphatic carbocycles. The molecule has 0 aliphatic heterocycles. The van der Waals surface area contributed by atoms with Gasteiger partial charge in [-0.15, -0.1) is 0 Å². The molecule has 1 heterocycles. The molecule has 0 unspecified atom stereocenters.